The van der Waals surface area contributed by atoms with Gasteiger partial charge < -0.3 is 24.6 Å². The Bertz CT molecular complexity index is 525. The zero-order valence-corrected chi connectivity index (χ0v) is 14.9. The molecular formula is C17H27NO6. The van der Waals surface area contributed by atoms with E-state index in [4.69, 9.17) is 14.2 Å². The number of amides is 1. The number of carbonyl (C=O) groups is 2. The van der Waals surface area contributed by atoms with Crippen molar-refractivity contribution in [1.82, 2.24) is 5.32 Å². The SMILES string of the molecule is CCC(CC)O[C@@H]1C=C(C(=O)O)[C@H]2OC(C)(C)O[C@H]2[C@H]1NC(C)=O. The van der Waals surface area contributed by atoms with E-state index in [0.717, 1.165) is 12.8 Å². The number of nitrogens with one attached hydrogen (secondary N) is 1. The van der Waals surface area contributed by atoms with E-state index in [1.807, 2.05) is 13.8 Å². The van der Waals surface area contributed by atoms with Gasteiger partial charge in [0.2, 0.25) is 5.91 Å². The molecule has 0 radical (unpaired) electrons. The fourth-order valence-electron chi connectivity index (χ4n) is 3.27. The monoisotopic (exact) mass is 341 g/mol. The molecule has 1 aliphatic carbocycles. The molecule has 1 aliphatic heterocycles. The van der Waals surface area contributed by atoms with E-state index in [-0.39, 0.29) is 17.6 Å². The first-order valence-corrected chi connectivity index (χ1v) is 8.41. The molecule has 1 amide bonds. The first-order valence-electron chi connectivity index (χ1n) is 8.41. The van der Waals surface area contributed by atoms with Crippen LogP contribution >= 0.6 is 0 Å². The van der Waals surface area contributed by atoms with Crippen molar-refractivity contribution in [2.45, 2.75) is 83.7 Å². The van der Waals surface area contributed by atoms with Crippen molar-refractivity contribution in [3.63, 3.8) is 0 Å². The summed E-state index contributed by atoms with van der Waals surface area (Å²) in [6, 6.07) is -0.502. The third-order valence-electron chi connectivity index (χ3n) is 4.36. The lowest BCUT2D eigenvalue weighted by Crippen LogP contribution is -2.58. The van der Waals surface area contributed by atoms with Crippen LogP contribution in [0.4, 0.5) is 0 Å². The van der Waals surface area contributed by atoms with Crippen LogP contribution in [-0.4, -0.2) is 53.2 Å². The quantitative estimate of drug-likeness (QED) is 0.762. The highest BCUT2D eigenvalue weighted by atomic mass is 16.8. The van der Waals surface area contributed by atoms with Crippen molar-refractivity contribution < 1.29 is 28.9 Å². The van der Waals surface area contributed by atoms with E-state index in [0.29, 0.717) is 0 Å². The standard InChI is InChI=1S/C17H27NO6/c1-6-10(7-2)22-12-8-11(16(20)21)14-15(13(12)18-9(3)19)24-17(4,5)23-14/h8,10,12-15H,6-7H2,1-5H3,(H,18,19)(H,20,21)/t12-,13+,14-,15+/m1/s1. The molecule has 0 aromatic carbocycles. The number of hydrogen-bond acceptors (Lipinski definition) is 5. The van der Waals surface area contributed by atoms with Crippen molar-refractivity contribution >= 4 is 11.9 Å². The maximum atomic E-state index is 11.7. The fourth-order valence-corrected chi connectivity index (χ4v) is 3.27. The summed E-state index contributed by atoms with van der Waals surface area (Å²) < 4.78 is 17.7. The molecule has 0 spiro atoms. The Morgan fingerprint density at radius 2 is 1.96 bits per heavy atom. The number of carboxylic acid groups (broad SMARTS) is 1. The van der Waals surface area contributed by atoms with E-state index in [2.05, 4.69) is 5.32 Å². The van der Waals surface area contributed by atoms with Crippen molar-refractivity contribution in [2.24, 2.45) is 0 Å². The molecule has 0 aromatic rings. The third kappa shape index (κ3) is 3.96. The molecule has 0 saturated carbocycles. The predicted octanol–water partition coefficient (Wildman–Crippen LogP) is 1.61. The molecule has 0 aromatic heterocycles. The molecule has 24 heavy (non-hydrogen) atoms. The Labute approximate surface area is 142 Å². The molecule has 1 fully saturated rings. The Balaban J connectivity index is 2.38. The smallest absolute Gasteiger partial charge is 0.334 e. The number of rotatable bonds is 6. The Morgan fingerprint density at radius 3 is 2.46 bits per heavy atom. The summed E-state index contributed by atoms with van der Waals surface area (Å²) in [5.74, 6) is -2.21. The van der Waals surface area contributed by atoms with Gasteiger partial charge in [-0.05, 0) is 32.8 Å². The molecule has 1 saturated heterocycles. The van der Waals surface area contributed by atoms with E-state index in [9.17, 15) is 14.7 Å². The minimum atomic E-state index is -1.06. The molecule has 7 heteroatoms. The highest BCUT2D eigenvalue weighted by Gasteiger charge is 2.53. The normalized spacial score (nSPS) is 31.5. The zero-order chi connectivity index (χ0) is 18.1. The predicted molar refractivity (Wildman–Crippen MR) is 86.4 cm³/mol. The van der Waals surface area contributed by atoms with Crippen LogP contribution in [0.1, 0.15) is 47.5 Å². The van der Waals surface area contributed by atoms with Crippen LogP contribution in [-0.2, 0) is 23.8 Å². The number of ether oxygens (including phenoxy) is 3. The second kappa shape index (κ2) is 7.21. The molecule has 0 bridgehead atoms. The van der Waals surface area contributed by atoms with Gasteiger partial charge in [-0.25, -0.2) is 4.79 Å². The Morgan fingerprint density at radius 1 is 1.33 bits per heavy atom. The van der Waals surface area contributed by atoms with Crippen molar-refractivity contribution in [3.05, 3.63) is 11.6 Å². The van der Waals surface area contributed by atoms with Gasteiger partial charge in [-0.1, -0.05) is 13.8 Å². The van der Waals surface area contributed by atoms with Crippen LogP contribution in [0.15, 0.2) is 11.6 Å². The average Bonchev–Trinajstić information content (AvgIpc) is 2.80. The van der Waals surface area contributed by atoms with Crippen LogP contribution in [0.3, 0.4) is 0 Å². The number of carboxylic acids is 1. The molecule has 4 atom stereocenters. The summed E-state index contributed by atoms with van der Waals surface area (Å²) in [7, 11) is 0. The topological polar surface area (TPSA) is 94.1 Å². The van der Waals surface area contributed by atoms with Crippen LogP contribution in [0, 0.1) is 0 Å². The molecule has 2 aliphatic rings. The van der Waals surface area contributed by atoms with Gasteiger partial charge in [-0.2, -0.15) is 0 Å². The maximum Gasteiger partial charge on any atom is 0.334 e. The minimum absolute atomic E-state index is 0.0237. The zero-order valence-electron chi connectivity index (χ0n) is 14.9. The lowest BCUT2D eigenvalue weighted by molar-refractivity contribution is -0.152. The summed E-state index contributed by atoms with van der Waals surface area (Å²) in [5.41, 5.74) is 0.114. The van der Waals surface area contributed by atoms with Crippen molar-refractivity contribution in [2.75, 3.05) is 0 Å². The van der Waals surface area contributed by atoms with Crippen LogP contribution < -0.4 is 5.32 Å². The average molecular weight is 341 g/mol. The highest BCUT2D eigenvalue weighted by Crippen LogP contribution is 2.38. The van der Waals surface area contributed by atoms with Gasteiger partial charge in [0.15, 0.2) is 5.79 Å². The largest absolute Gasteiger partial charge is 0.478 e. The Hall–Kier alpha value is -1.44. The third-order valence-corrected chi connectivity index (χ3v) is 4.36. The highest BCUT2D eigenvalue weighted by molar-refractivity contribution is 5.88. The molecule has 0 unspecified atom stereocenters. The summed E-state index contributed by atoms with van der Waals surface area (Å²) in [5, 5.41) is 12.4. The molecule has 7 nitrogen and oxygen atoms in total. The fraction of sp³-hybridized carbons (Fsp3) is 0.765. The van der Waals surface area contributed by atoms with E-state index < -0.39 is 36.1 Å². The lowest BCUT2D eigenvalue weighted by atomic mass is 9.87. The van der Waals surface area contributed by atoms with Crippen LogP contribution in [0.2, 0.25) is 0 Å². The van der Waals surface area contributed by atoms with Gasteiger partial charge in [0.25, 0.3) is 0 Å². The molecular weight excluding hydrogens is 314 g/mol. The van der Waals surface area contributed by atoms with E-state index >= 15 is 0 Å². The van der Waals surface area contributed by atoms with Crippen LogP contribution in [0.25, 0.3) is 0 Å². The maximum absolute atomic E-state index is 11.7. The number of carbonyl (C=O) groups excluding carboxylic acids is 1. The second-order valence-corrected chi connectivity index (χ2v) is 6.71. The first kappa shape index (κ1) is 18.9. The second-order valence-electron chi connectivity index (χ2n) is 6.71. The molecule has 1 heterocycles. The van der Waals surface area contributed by atoms with Crippen LogP contribution in [0.5, 0.6) is 0 Å². The lowest BCUT2D eigenvalue weighted by Gasteiger charge is -2.37. The number of fused-ring (bicyclic) bond motifs is 1. The molecule has 136 valence electrons. The summed E-state index contributed by atoms with van der Waals surface area (Å²) in [6.07, 6.45) is 1.19. The minimum Gasteiger partial charge on any atom is -0.478 e. The Kier molecular flexibility index (Phi) is 5.67. The number of hydrogen-bond donors (Lipinski definition) is 2. The van der Waals surface area contributed by atoms with Gasteiger partial charge in [-0.3, -0.25) is 4.79 Å². The van der Waals surface area contributed by atoms with Gasteiger partial charge in [0, 0.05) is 6.92 Å². The van der Waals surface area contributed by atoms with Gasteiger partial charge >= 0.3 is 5.97 Å². The molecule has 2 rings (SSSR count). The first-order chi connectivity index (χ1) is 11.2. The summed E-state index contributed by atoms with van der Waals surface area (Å²) in [4.78, 5) is 23.3. The van der Waals surface area contributed by atoms with Gasteiger partial charge in [0.1, 0.15) is 12.2 Å². The van der Waals surface area contributed by atoms with Gasteiger partial charge in [-0.15, -0.1) is 0 Å². The molecule has 2 N–H and O–H groups in total. The summed E-state index contributed by atoms with van der Waals surface area (Å²) in [6.45, 7) is 8.89. The number of aliphatic carboxylic acids is 1. The van der Waals surface area contributed by atoms with Crippen molar-refractivity contribution in [3.8, 4) is 0 Å². The van der Waals surface area contributed by atoms with Gasteiger partial charge in [0.05, 0.1) is 23.8 Å². The van der Waals surface area contributed by atoms with Crippen molar-refractivity contribution in [1.29, 1.82) is 0 Å². The van der Waals surface area contributed by atoms with E-state index in [1.165, 1.54) is 6.92 Å². The van der Waals surface area contributed by atoms with E-state index in [1.54, 1.807) is 19.9 Å². The summed E-state index contributed by atoms with van der Waals surface area (Å²) >= 11 is 0.